The molecule has 1 heterocycles. The molecular weight excluding hydrogens is 213 g/mol. The SMILES string of the molecule is Fc1ccc(/C=N\Nc2nccs2)cc1. The molecule has 0 fully saturated rings. The molecule has 2 rings (SSSR count). The minimum atomic E-state index is -0.250. The summed E-state index contributed by atoms with van der Waals surface area (Å²) in [6.07, 6.45) is 3.31. The van der Waals surface area contributed by atoms with E-state index in [1.54, 1.807) is 24.5 Å². The van der Waals surface area contributed by atoms with Crippen LogP contribution in [0.3, 0.4) is 0 Å². The van der Waals surface area contributed by atoms with E-state index in [9.17, 15) is 4.39 Å². The maximum atomic E-state index is 12.6. The average molecular weight is 221 g/mol. The first kappa shape index (κ1) is 9.79. The highest BCUT2D eigenvalue weighted by Gasteiger charge is 1.91. The van der Waals surface area contributed by atoms with Gasteiger partial charge in [0, 0.05) is 11.6 Å². The van der Waals surface area contributed by atoms with E-state index in [2.05, 4.69) is 15.5 Å². The topological polar surface area (TPSA) is 37.3 Å². The molecule has 76 valence electrons. The van der Waals surface area contributed by atoms with E-state index < -0.39 is 0 Å². The van der Waals surface area contributed by atoms with Crippen LogP contribution >= 0.6 is 11.3 Å². The van der Waals surface area contributed by atoms with Crippen molar-refractivity contribution in [2.75, 3.05) is 5.43 Å². The fourth-order valence-corrected chi connectivity index (χ4v) is 1.47. The summed E-state index contributed by atoms with van der Waals surface area (Å²) < 4.78 is 12.6. The number of aromatic nitrogens is 1. The largest absolute Gasteiger partial charge is 0.253 e. The van der Waals surface area contributed by atoms with E-state index in [1.165, 1.54) is 23.5 Å². The molecule has 0 atom stereocenters. The van der Waals surface area contributed by atoms with Crippen molar-refractivity contribution in [2.24, 2.45) is 5.10 Å². The van der Waals surface area contributed by atoms with Gasteiger partial charge >= 0.3 is 0 Å². The molecule has 0 saturated carbocycles. The van der Waals surface area contributed by atoms with Crippen LogP contribution in [0.2, 0.25) is 0 Å². The minimum absolute atomic E-state index is 0.250. The van der Waals surface area contributed by atoms with Gasteiger partial charge in [0.2, 0.25) is 5.13 Å². The fourth-order valence-electron chi connectivity index (χ4n) is 0.990. The van der Waals surface area contributed by atoms with Crippen LogP contribution in [0.1, 0.15) is 5.56 Å². The predicted molar refractivity (Wildman–Crippen MR) is 59.7 cm³/mol. The van der Waals surface area contributed by atoms with Crippen LogP contribution in [0.15, 0.2) is 40.9 Å². The quantitative estimate of drug-likeness (QED) is 0.639. The molecule has 15 heavy (non-hydrogen) atoms. The monoisotopic (exact) mass is 221 g/mol. The first-order chi connectivity index (χ1) is 7.34. The summed E-state index contributed by atoms with van der Waals surface area (Å²) in [6, 6.07) is 6.10. The van der Waals surface area contributed by atoms with E-state index in [0.717, 1.165) is 10.7 Å². The summed E-state index contributed by atoms with van der Waals surface area (Å²) >= 11 is 1.46. The molecule has 0 unspecified atom stereocenters. The number of hydrazone groups is 1. The van der Waals surface area contributed by atoms with Crippen molar-refractivity contribution >= 4 is 22.7 Å². The van der Waals surface area contributed by atoms with Gasteiger partial charge in [-0.05, 0) is 17.7 Å². The van der Waals surface area contributed by atoms with Gasteiger partial charge in [-0.15, -0.1) is 11.3 Å². The molecule has 0 aliphatic carbocycles. The molecule has 1 N–H and O–H groups in total. The summed E-state index contributed by atoms with van der Waals surface area (Å²) in [7, 11) is 0. The van der Waals surface area contributed by atoms with Crippen molar-refractivity contribution in [2.45, 2.75) is 0 Å². The summed E-state index contributed by atoms with van der Waals surface area (Å²) in [4.78, 5) is 4.00. The molecule has 5 heteroatoms. The van der Waals surface area contributed by atoms with Crippen molar-refractivity contribution in [3.63, 3.8) is 0 Å². The number of nitrogens with zero attached hydrogens (tertiary/aromatic N) is 2. The predicted octanol–water partition coefficient (Wildman–Crippen LogP) is 2.73. The van der Waals surface area contributed by atoms with E-state index in [0.29, 0.717) is 0 Å². The highest BCUT2D eigenvalue weighted by molar-refractivity contribution is 7.13. The Hall–Kier alpha value is -1.75. The van der Waals surface area contributed by atoms with Crippen molar-refractivity contribution in [1.29, 1.82) is 0 Å². The van der Waals surface area contributed by atoms with Gasteiger partial charge in [-0.3, -0.25) is 5.43 Å². The van der Waals surface area contributed by atoms with Crippen molar-refractivity contribution < 1.29 is 4.39 Å². The number of hydrogen-bond donors (Lipinski definition) is 1. The van der Waals surface area contributed by atoms with Gasteiger partial charge in [-0.25, -0.2) is 9.37 Å². The van der Waals surface area contributed by atoms with E-state index in [-0.39, 0.29) is 5.82 Å². The normalized spacial score (nSPS) is 10.7. The lowest BCUT2D eigenvalue weighted by Gasteiger charge is -1.93. The van der Waals surface area contributed by atoms with Crippen LogP contribution in [-0.2, 0) is 0 Å². The van der Waals surface area contributed by atoms with Crippen LogP contribution in [0.5, 0.6) is 0 Å². The summed E-state index contributed by atoms with van der Waals surface area (Å²) in [5.74, 6) is -0.250. The van der Waals surface area contributed by atoms with Crippen LogP contribution in [0.25, 0.3) is 0 Å². The zero-order chi connectivity index (χ0) is 10.5. The molecule has 2 aromatic rings. The number of anilines is 1. The molecule has 1 aromatic carbocycles. The van der Waals surface area contributed by atoms with Crippen LogP contribution < -0.4 is 5.43 Å². The Bertz CT molecular complexity index is 436. The number of benzene rings is 1. The van der Waals surface area contributed by atoms with E-state index in [4.69, 9.17) is 0 Å². The van der Waals surface area contributed by atoms with Crippen LogP contribution in [0.4, 0.5) is 9.52 Å². The van der Waals surface area contributed by atoms with Gasteiger partial charge < -0.3 is 0 Å². The maximum absolute atomic E-state index is 12.6. The van der Waals surface area contributed by atoms with Gasteiger partial charge in [0.15, 0.2) is 0 Å². The first-order valence-electron chi connectivity index (χ1n) is 4.29. The smallest absolute Gasteiger partial charge is 0.203 e. The van der Waals surface area contributed by atoms with Crippen LogP contribution in [0, 0.1) is 5.82 Å². The molecule has 0 bridgehead atoms. The summed E-state index contributed by atoms with van der Waals surface area (Å²) in [5, 5.41) is 6.55. The first-order valence-corrected chi connectivity index (χ1v) is 5.17. The van der Waals surface area contributed by atoms with Gasteiger partial charge in [0.1, 0.15) is 5.82 Å². The van der Waals surface area contributed by atoms with Gasteiger partial charge in [0.25, 0.3) is 0 Å². The van der Waals surface area contributed by atoms with Crippen molar-refractivity contribution in [1.82, 2.24) is 4.98 Å². The summed E-state index contributed by atoms with van der Waals surface area (Å²) in [6.45, 7) is 0. The number of nitrogens with one attached hydrogen (secondary N) is 1. The lowest BCUT2D eigenvalue weighted by molar-refractivity contribution is 0.628. The second-order valence-electron chi connectivity index (χ2n) is 2.76. The third-order valence-electron chi connectivity index (χ3n) is 1.68. The maximum Gasteiger partial charge on any atom is 0.203 e. The third-order valence-corrected chi connectivity index (χ3v) is 2.35. The average Bonchev–Trinajstić information content (AvgIpc) is 2.74. The number of halogens is 1. The standard InChI is InChI=1S/C10H8FN3S/c11-9-3-1-8(2-4-9)7-13-14-10-12-5-6-15-10/h1-7H,(H,12,14)/b13-7-. The van der Waals surface area contributed by atoms with E-state index in [1.807, 2.05) is 5.38 Å². The van der Waals surface area contributed by atoms with Crippen molar-refractivity contribution in [3.8, 4) is 0 Å². The van der Waals surface area contributed by atoms with Crippen molar-refractivity contribution in [3.05, 3.63) is 47.2 Å². The Morgan fingerprint density at radius 1 is 1.33 bits per heavy atom. The second-order valence-corrected chi connectivity index (χ2v) is 3.65. The number of hydrogen-bond acceptors (Lipinski definition) is 4. The Kier molecular flexibility index (Phi) is 3.04. The lowest BCUT2D eigenvalue weighted by Crippen LogP contribution is -1.89. The zero-order valence-corrected chi connectivity index (χ0v) is 8.54. The molecule has 3 nitrogen and oxygen atoms in total. The Morgan fingerprint density at radius 3 is 2.80 bits per heavy atom. The van der Waals surface area contributed by atoms with Crippen LogP contribution in [-0.4, -0.2) is 11.2 Å². The Morgan fingerprint density at radius 2 is 2.13 bits per heavy atom. The molecule has 0 radical (unpaired) electrons. The number of thiazole rings is 1. The van der Waals surface area contributed by atoms with E-state index >= 15 is 0 Å². The minimum Gasteiger partial charge on any atom is -0.253 e. The Labute approximate surface area is 90.3 Å². The third kappa shape index (κ3) is 2.85. The molecule has 0 amide bonds. The molecule has 1 aromatic heterocycles. The highest BCUT2D eigenvalue weighted by atomic mass is 32.1. The van der Waals surface area contributed by atoms with Gasteiger partial charge in [0.05, 0.1) is 6.21 Å². The molecular formula is C10H8FN3S. The fraction of sp³-hybridized carbons (Fsp3) is 0. The highest BCUT2D eigenvalue weighted by Crippen LogP contribution is 2.09. The van der Waals surface area contributed by atoms with Gasteiger partial charge in [-0.2, -0.15) is 5.10 Å². The molecule has 0 saturated heterocycles. The molecule has 0 aliphatic heterocycles. The van der Waals surface area contributed by atoms with Gasteiger partial charge in [-0.1, -0.05) is 12.1 Å². The molecule has 0 aliphatic rings. The molecule has 0 spiro atoms. The lowest BCUT2D eigenvalue weighted by atomic mass is 10.2. The summed E-state index contributed by atoms with van der Waals surface area (Å²) in [5.41, 5.74) is 3.60. The second kappa shape index (κ2) is 4.65. The number of rotatable bonds is 3. The Balaban J connectivity index is 1.97. The zero-order valence-electron chi connectivity index (χ0n) is 7.72.